The molecule has 2 nitrogen and oxygen atoms in total. The van der Waals surface area contributed by atoms with Gasteiger partial charge in [-0.15, -0.1) is 11.3 Å². The molecule has 2 rings (SSSR count). The summed E-state index contributed by atoms with van der Waals surface area (Å²) >= 11 is 7.62. The summed E-state index contributed by atoms with van der Waals surface area (Å²) in [4.78, 5) is 5.49. The molecular weight excluding hydrogens is 295 g/mol. The van der Waals surface area contributed by atoms with E-state index in [4.69, 9.17) is 11.6 Å². The zero-order chi connectivity index (χ0) is 14.8. The Kier molecular flexibility index (Phi) is 4.78. The lowest BCUT2D eigenvalue weighted by Gasteiger charge is -2.19. The van der Waals surface area contributed by atoms with Gasteiger partial charge in [0.1, 0.15) is 5.82 Å². The van der Waals surface area contributed by atoms with Gasteiger partial charge in [0, 0.05) is 40.2 Å². The Bertz CT molecular complexity index is 570. The molecule has 0 unspecified atom stereocenters. The van der Waals surface area contributed by atoms with Crippen LogP contribution in [0, 0.1) is 5.82 Å². The van der Waals surface area contributed by atoms with Gasteiger partial charge in [0.05, 0.1) is 5.01 Å². The molecule has 1 aromatic heterocycles. The van der Waals surface area contributed by atoms with E-state index in [-0.39, 0.29) is 11.4 Å². The number of hydrogen-bond donors (Lipinski definition) is 1. The summed E-state index contributed by atoms with van der Waals surface area (Å²) in [6.45, 7) is 7.13. The number of hydrogen-bond acceptors (Lipinski definition) is 3. The molecule has 108 valence electrons. The second-order valence-electron chi connectivity index (χ2n) is 5.70. The summed E-state index contributed by atoms with van der Waals surface area (Å²) in [5.74, 6) is -0.276. The Morgan fingerprint density at radius 3 is 2.75 bits per heavy atom. The van der Waals surface area contributed by atoms with Gasteiger partial charge in [-0.2, -0.15) is 0 Å². The van der Waals surface area contributed by atoms with Crippen LogP contribution >= 0.6 is 22.9 Å². The molecular formula is C15H18ClFN2S. The van der Waals surface area contributed by atoms with Crippen molar-refractivity contribution in [3.8, 4) is 0 Å². The van der Waals surface area contributed by atoms with Crippen molar-refractivity contribution in [3.05, 3.63) is 50.7 Å². The number of nitrogens with zero attached hydrogens (tertiary/aromatic N) is 1. The fraction of sp³-hybridized carbons (Fsp3) is 0.400. The Morgan fingerprint density at radius 2 is 2.10 bits per heavy atom. The predicted molar refractivity (Wildman–Crippen MR) is 82.9 cm³/mol. The van der Waals surface area contributed by atoms with Gasteiger partial charge in [0.2, 0.25) is 0 Å². The van der Waals surface area contributed by atoms with E-state index in [0.29, 0.717) is 17.0 Å². The fourth-order valence-corrected chi connectivity index (χ4v) is 2.82. The molecule has 0 atom stereocenters. The van der Waals surface area contributed by atoms with Gasteiger partial charge >= 0.3 is 0 Å². The van der Waals surface area contributed by atoms with Crippen LogP contribution in [0.4, 0.5) is 4.39 Å². The Hall–Kier alpha value is -0.970. The van der Waals surface area contributed by atoms with E-state index in [2.05, 4.69) is 31.1 Å². The van der Waals surface area contributed by atoms with Crippen molar-refractivity contribution in [2.75, 3.05) is 0 Å². The molecule has 0 amide bonds. The standard InChI is InChI=1S/C15H18ClFN2S/c1-15(2,3)19-9-10-8-18-14(20-10)7-11-12(16)5-4-6-13(11)17/h4-6,8,19H,7,9H2,1-3H3. The third-order valence-electron chi connectivity index (χ3n) is 2.78. The van der Waals surface area contributed by atoms with E-state index in [0.717, 1.165) is 16.4 Å². The number of nitrogens with one attached hydrogen (secondary N) is 1. The molecule has 0 bridgehead atoms. The second kappa shape index (κ2) is 6.20. The molecule has 0 saturated carbocycles. The van der Waals surface area contributed by atoms with Crippen molar-refractivity contribution >= 4 is 22.9 Å². The van der Waals surface area contributed by atoms with E-state index in [1.165, 1.54) is 6.07 Å². The van der Waals surface area contributed by atoms with Crippen LogP contribution in [0.25, 0.3) is 0 Å². The Labute approximate surface area is 128 Å². The monoisotopic (exact) mass is 312 g/mol. The molecule has 0 spiro atoms. The topological polar surface area (TPSA) is 24.9 Å². The lowest BCUT2D eigenvalue weighted by Crippen LogP contribution is -2.34. The molecule has 0 fully saturated rings. The minimum atomic E-state index is -0.276. The molecule has 20 heavy (non-hydrogen) atoms. The first-order valence-corrected chi connectivity index (χ1v) is 7.66. The van der Waals surface area contributed by atoms with E-state index in [1.807, 2.05) is 6.20 Å². The number of rotatable bonds is 4. The predicted octanol–water partition coefficient (Wildman–Crippen LogP) is 4.41. The average molecular weight is 313 g/mol. The average Bonchev–Trinajstić information content (AvgIpc) is 2.79. The minimum absolute atomic E-state index is 0.0685. The summed E-state index contributed by atoms with van der Waals surface area (Å²) in [6, 6.07) is 4.74. The third-order valence-corrected chi connectivity index (χ3v) is 4.14. The number of benzene rings is 1. The number of thiazole rings is 1. The minimum Gasteiger partial charge on any atom is -0.307 e. The number of halogens is 2. The maximum Gasteiger partial charge on any atom is 0.128 e. The first-order chi connectivity index (χ1) is 9.35. The molecule has 0 aliphatic carbocycles. The van der Waals surface area contributed by atoms with Crippen LogP contribution in [0.2, 0.25) is 5.02 Å². The smallest absolute Gasteiger partial charge is 0.128 e. The molecule has 1 aromatic carbocycles. The summed E-state index contributed by atoms with van der Waals surface area (Å²) < 4.78 is 13.7. The van der Waals surface area contributed by atoms with Crippen molar-refractivity contribution in [2.24, 2.45) is 0 Å². The summed E-state index contributed by atoms with van der Waals surface area (Å²) in [5.41, 5.74) is 0.581. The van der Waals surface area contributed by atoms with E-state index in [1.54, 1.807) is 23.5 Å². The molecule has 5 heteroatoms. The van der Waals surface area contributed by atoms with Crippen molar-refractivity contribution < 1.29 is 4.39 Å². The van der Waals surface area contributed by atoms with Crippen LogP contribution in [0.5, 0.6) is 0 Å². The van der Waals surface area contributed by atoms with Gasteiger partial charge in [-0.3, -0.25) is 0 Å². The van der Waals surface area contributed by atoms with Crippen molar-refractivity contribution in [3.63, 3.8) is 0 Å². The molecule has 1 heterocycles. The highest BCUT2D eigenvalue weighted by Crippen LogP contribution is 2.24. The van der Waals surface area contributed by atoms with Crippen LogP contribution in [0.1, 0.15) is 36.2 Å². The first kappa shape index (κ1) is 15.4. The Balaban J connectivity index is 2.06. The molecule has 0 saturated heterocycles. The second-order valence-corrected chi connectivity index (χ2v) is 7.31. The lowest BCUT2D eigenvalue weighted by molar-refractivity contribution is 0.426. The fourth-order valence-electron chi connectivity index (χ4n) is 1.72. The summed E-state index contributed by atoms with van der Waals surface area (Å²) in [6.07, 6.45) is 2.28. The van der Waals surface area contributed by atoms with Crippen molar-refractivity contribution in [2.45, 2.75) is 39.3 Å². The number of aromatic nitrogens is 1. The highest BCUT2D eigenvalue weighted by atomic mass is 35.5. The van der Waals surface area contributed by atoms with E-state index < -0.39 is 0 Å². The van der Waals surface area contributed by atoms with Gasteiger partial charge in [0.25, 0.3) is 0 Å². The van der Waals surface area contributed by atoms with E-state index in [9.17, 15) is 4.39 Å². The van der Waals surface area contributed by atoms with E-state index >= 15 is 0 Å². The Morgan fingerprint density at radius 1 is 1.35 bits per heavy atom. The summed E-state index contributed by atoms with van der Waals surface area (Å²) in [7, 11) is 0. The van der Waals surface area contributed by atoms with Crippen LogP contribution < -0.4 is 5.32 Å². The van der Waals surface area contributed by atoms with Gasteiger partial charge < -0.3 is 5.32 Å². The summed E-state index contributed by atoms with van der Waals surface area (Å²) in [5, 5.41) is 4.74. The van der Waals surface area contributed by atoms with Gasteiger partial charge in [-0.1, -0.05) is 17.7 Å². The molecule has 2 aromatic rings. The highest BCUT2D eigenvalue weighted by Gasteiger charge is 2.12. The van der Waals surface area contributed by atoms with Gasteiger partial charge in [0.15, 0.2) is 0 Å². The third kappa shape index (κ3) is 4.27. The van der Waals surface area contributed by atoms with Crippen LogP contribution in [0.3, 0.4) is 0 Å². The zero-order valence-electron chi connectivity index (χ0n) is 11.8. The zero-order valence-corrected chi connectivity index (χ0v) is 13.4. The van der Waals surface area contributed by atoms with Gasteiger partial charge in [-0.25, -0.2) is 9.37 Å². The maximum absolute atomic E-state index is 13.7. The first-order valence-electron chi connectivity index (χ1n) is 6.46. The molecule has 0 radical (unpaired) electrons. The molecule has 1 N–H and O–H groups in total. The SMILES string of the molecule is CC(C)(C)NCc1cnc(Cc2c(F)cccc2Cl)s1. The lowest BCUT2D eigenvalue weighted by atomic mass is 10.1. The highest BCUT2D eigenvalue weighted by molar-refractivity contribution is 7.11. The van der Waals surface area contributed by atoms with Crippen molar-refractivity contribution in [1.82, 2.24) is 10.3 Å². The maximum atomic E-state index is 13.7. The van der Waals surface area contributed by atoms with Gasteiger partial charge in [-0.05, 0) is 32.9 Å². The van der Waals surface area contributed by atoms with Crippen LogP contribution in [0.15, 0.2) is 24.4 Å². The quantitative estimate of drug-likeness (QED) is 0.904. The van der Waals surface area contributed by atoms with Crippen LogP contribution in [-0.2, 0) is 13.0 Å². The van der Waals surface area contributed by atoms with Crippen molar-refractivity contribution in [1.29, 1.82) is 0 Å². The molecule has 0 aliphatic rings. The normalized spacial score (nSPS) is 11.8. The van der Waals surface area contributed by atoms with Crippen LogP contribution in [-0.4, -0.2) is 10.5 Å². The molecule has 0 aliphatic heterocycles. The largest absolute Gasteiger partial charge is 0.307 e.